The minimum Gasteiger partial charge on any atom is -0.333 e. The largest absolute Gasteiger partial charge is 0.333 e. The van der Waals surface area contributed by atoms with Crippen LogP contribution in [-0.4, -0.2) is 44.7 Å². The van der Waals surface area contributed by atoms with Crippen LogP contribution in [0.3, 0.4) is 0 Å². The summed E-state index contributed by atoms with van der Waals surface area (Å²) in [7, 11) is 1.97. The standard InChI is InChI=1S/C25H29N5O/c1-29-23-10-9-21(27-14-11-20-8-4-5-13-26-20)16-22(23)24(28-29)25(31)30-15-12-18-6-2-3-7-19(18)17-30/h2-8,13,21,27H,9-12,14-17H2,1H3/t21-/m1/s1. The summed E-state index contributed by atoms with van der Waals surface area (Å²) >= 11 is 0. The first kappa shape index (κ1) is 19.9. The van der Waals surface area contributed by atoms with Crippen molar-refractivity contribution >= 4 is 5.91 Å². The molecule has 2 aromatic heterocycles. The number of fused-ring (bicyclic) bond motifs is 2. The molecule has 3 aromatic rings. The van der Waals surface area contributed by atoms with E-state index in [1.165, 1.54) is 16.8 Å². The van der Waals surface area contributed by atoms with E-state index < -0.39 is 0 Å². The van der Waals surface area contributed by atoms with Crippen LogP contribution in [0.15, 0.2) is 48.7 Å². The Morgan fingerprint density at radius 1 is 1.13 bits per heavy atom. The highest BCUT2D eigenvalue weighted by atomic mass is 16.2. The molecule has 6 nitrogen and oxygen atoms in total. The number of pyridine rings is 1. The normalized spacial score (nSPS) is 17.8. The van der Waals surface area contributed by atoms with Gasteiger partial charge in [-0.25, -0.2) is 0 Å². The SMILES string of the molecule is Cn1nc(C(=O)N2CCc3ccccc3C2)c2c1CC[C@@H](NCCc1ccccn1)C2. The number of hydrogen-bond acceptors (Lipinski definition) is 4. The first-order chi connectivity index (χ1) is 15.2. The monoisotopic (exact) mass is 415 g/mol. The van der Waals surface area contributed by atoms with E-state index in [9.17, 15) is 4.79 Å². The lowest BCUT2D eigenvalue weighted by Crippen LogP contribution is -2.38. The van der Waals surface area contributed by atoms with Crippen LogP contribution in [0, 0.1) is 0 Å². The van der Waals surface area contributed by atoms with E-state index in [-0.39, 0.29) is 5.91 Å². The van der Waals surface area contributed by atoms with Crippen LogP contribution in [0.25, 0.3) is 0 Å². The Labute approximate surface area is 183 Å². The summed E-state index contributed by atoms with van der Waals surface area (Å²) in [5.41, 5.74) is 6.70. The Morgan fingerprint density at radius 2 is 1.97 bits per heavy atom. The smallest absolute Gasteiger partial charge is 0.274 e. The van der Waals surface area contributed by atoms with Gasteiger partial charge in [0.05, 0.1) is 0 Å². The maximum atomic E-state index is 13.4. The third-order valence-corrected chi connectivity index (χ3v) is 6.62. The summed E-state index contributed by atoms with van der Waals surface area (Å²) in [6.07, 6.45) is 6.55. The van der Waals surface area contributed by atoms with Crippen LogP contribution in [0.5, 0.6) is 0 Å². The number of hydrogen-bond donors (Lipinski definition) is 1. The van der Waals surface area contributed by atoms with Crippen molar-refractivity contribution in [3.8, 4) is 0 Å². The lowest BCUT2D eigenvalue weighted by Gasteiger charge is -2.29. The molecule has 1 aliphatic carbocycles. The summed E-state index contributed by atoms with van der Waals surface area (Å²) < 4.78 is 1.92. The fourth-order valence-electron chi connectivity index (χ4n) is 4.90. The molecule has 1 aliphatic heterocycles. The minimum absolute atomic E-state index is 0.0699. The summed E-state index contributed by atoms with van der Waals surface area (Å²) in [6, 6.07) is 14.8. The van der Waals surface area contributed by atoms with Gasteiger partial charge in [0.25, 0.3) is 5.91 Å². The average Bonchev–Trinajstić information content (AvgIpc) is 3.15. The second-order valence-corrected chi connectivity index (χ2v) is 8.61. The van der Waals surface area contributed by atoms with Gasteiger partial charge in [0.2, 0.25) is 0 Å². The molecule has 0 unspecified atom stereocenters. The highest BCUT2D eigenvalue weighted by Crippen LogP contribution is 2.27. The molecular formula is C25H29N5O. The van der Waals surface area contributed by atoms with Gasteiger partial charge in [-0.2, -0.15) is 5.10 Å². The van der Waals surface area contributed by atoms with E-state index in [1.807, 2.05) is 35.0 Å². The van der Waals surface area contributed by atoms with Gasteiger partial charge >= 0.3 is 0 Å². The Bertz CT molecular complexity index is 1070. The van der Waals surface area contributed by atoms with Crippen molar-refractivity contribution in [2.24, 2.45) is 7.05 Å². The van der Waals surface area contributed by atoms with Gasteiger partial charge < -0.3 is 10.2 Å². The molecule has 0 fully saturated rings. The number of carbonyl (C=O) groups excluding carboxylic acids is 1. The number of aromatic nitrogens is 3. The number of nitrogens with zero attached hydrogens (tertiary/aromatic N) is 4. The van der Waals surface area contributed by atoms with E-state index in [0.29, 0.717) is 18.3 Å². The van der Waals surface area contributed by atoms with E-state index in [1.54, 1.807) is 0 Å². The molecule has 5 rings (SSSR count). The molecule has 2 aliphatic rings. The number of aryl methyl sites for hydroxylation is 1. The quantitative estimate of drug-likeness (QED) is 0.696. The maximum Gasteiger partial charge on any atom is 0.274 e. The van der Waals surface area contributed by atoms with Crippen LogP contribution in [0.4, 0.5) is 0 Å². The average molecular weight is 416 g/mol. The molecule has 0 bridgehead atoms. The van der Waals surface area contributed by atoms with Crippen LogP contribution in [0.2, 0.25) is 0 Å². The second-order valence-electron chi connectivity index (χ2n) is 8.61. The topological polar surface area (TPSA) is 63.1 Å². The highest BCUT2D eigenvalue weighted by molar-refractivity contribution is 5.94. The number of carbonyl (C=O) groups is 1. The molecule has 1 N–H and O–H groups in total. The molecule has 3 heterocycles. The zero-order chi connectivity index (χ0) is 21.2. The van der Waals surface area contributed by atoms with E-state index in [0.717, 1.165) is 56.5 Å². The molecular weight excluding hydrogens is 386 g/mol. The van der Waals surface area contributed by atoms with Gasteiger partial charge in [0, 0.05) is 62.3 Å². The molecule has 1 atom stereocenters. The van der Waals surface area contributed by atoms with Gasteiger partial charge in [0.1, 0.15) is 0 Å². The number of benzene rings is 1. The first-order valence-electron chi connectivity index (χ1n) is 11.2. The zero-order valence-electron chi connectivity index (χ0n) is 18.1. The third kappa shape index (κ3) is 4.12. The van der Waals surface area contributed by atoms with E-state index in [4.69, 9.17) is 0 Å². The minimum atomic E-state index is 0.0699. The Balaban J connectivity index is 1.27. The van der Waals surface area contributed by atoms with E-state index in [2.05, 4.69) is 45.7 Å². The maximum absolute atomic E-state index is 13.4. The van der Waals surface area contributed by atoms with Crippen molar-refractivity contribution in [1.82, 2.24) is 25.0 Å². The van der Waals surface area contributed by atoms with E-state index >= 15 is 0 Å². The van der Waals surface area contributed by atoms with Gasteiger partial charge in [0.15, 0.2) is 5.69 Å². The fourth-order valence-corrected chi connectivity index (χ4v) is 4.90. The van der Waals surface area contributed by atoms with Crippen LogP contribution < -0.4 is 5.32 Å². The third-order valence-electron chi connectivity index (χ3n) is 6.62. The summed E-state index contributed by atoms with van der Waals surface area (Å²) in [4.78, 5) is 19.8. The molecule has 160 valence electrons. The van der Waals surface area contributed by atoms with Crippen molar-refractivity contribution in [1.29, 1.82) is 0 Å². The lowest BCUT2D eigenvalue weighted by molar-refractivity contribution is 0.0726. The Kier molecular flexibility index (Phi) is 5.55. The van der Waals surface area contributed by atoms with Gasteiger partial charge in [-0.15, -0.1) is 0 Å². The van der Waals surface area contributed by atoms with Crippen molar-refractivity contribution < 1.29 is 4.79 Å². The van der Waals surface area contributed by atoms with Crippen molar-refractivity contribution in [3.05, 3.63) is 82.4 Å². The molecule has 0 saturated carbocycles. The molecule has 6 heteroatoms. The zero-order valence-corrected chi connectivity index (χ0v) is 18.1. The van der Waals surface area contributed by atoms with Gasteiger partial charge in [-0.1, -0.05) is 30.3 Å². The second kappa shape index (κ2) is 8.63. The van der Waals surface area contributed by atoms with Crippen molar-refractivity contribution in [2.75, 3.05) is 13.1 Å². The van der Waals surface area contributed by atoms with Crippen LogP contribution in [0.1, 0.15) is 45.0 Å². The lowest BCUT2D eigenvalue weighted by atomic mass is 9.90. The number of amides is 1. The molecule has 0 saturated heterocycles. The Hall–Kier alpha value is -2.99. The van der Waals surface area contributed by atoms with Crippen LogP contribution >= 0.6 is 0 Å². The Morgan fingerprint density at radius 3 is 2.81 bits per heavy atom. The van der Waals surface area contributed by atoms with Crippen molar-refractivity contribution in [2.45, 2.75) is 44.7 Å². The molecule has 31 heavy (non-hydrogen) atoms. The predicted octanol–water partition coefficient (Wildman–Crippen LogP) is 2.70. The molecule has 0 spiro atoms. The summed E-state index contributed by atoms with van der Waals surface area (Å²) in [5, 5.41) is 8.35. The number of nitrogens with one attached hydrogen (secondary N) is 1. The predicted molar refractivity (Wildman–Crippen MR) is 120 cm³/mol. The first-order valence-corrected chi connectivity index (χ1v) is 11.2. The van der Waals surface area contributed by atoms with Crippen molar-refractivity contribution in [3.63, 3.8) is 0 Å². The highest BCUT2D eigenvalue weighted by Gasteiger charge is 2.31. The molecule has 1 aromatic carbocycles. The van der Waals surface area contributed by atoms with Gasteiger partial charge in [-0.05, 0) is 48.9 Å². The fraction of sp³-hybridized carbons (Fsp3) is 0.400. The number of rotatable bonds is 5. The molecule has 0 radical (unpaired) electrons. The molecule has 1 amide bonds. The van der Waals surface area contributed by atoms with Crippen LogP contribution in [-0.2, 0) is 39.3 Å². The summed E-state index contributed by atoms with van der Waals surface area (Å²) in [5.74, 6) is 0.0699. The summed E-state index contributed by atoms with van der Waals surface area (Å²) in [6.45, 7) is 2.32. The van der Waals surface area contributed by atoms with Gasteiger partial charge in [-0.3, -0.25) is 14.5 Å².